The van der Waals surface area contributed by atoms with Crippen molar-refractivity contribution in [2.24, 2.45) is 5.92 Å². The van der Waals surface area contributed by atoms with Gasteiger partial charge >= 0.3 is 0 Å². The molecule has 0 bridgehead atoms. The molecule has 3 aliphatic rings. The summed E-state index contributed by atoms with van der Waals surface area (Å²) in [5, 5.41) is 4.46. The molecule has 2 aromatic rings. The Balaban J connectivity index is 1.31. The van der Waals surface area contributed by atoms with Crippen molar-refractivity contribution in [3.05, 3.63) is 46.8 Å². The Hall–Kier alpha value is -3.16. The lowest BCUT2D eigenvalue weighted by Gasteiger charge is -2.38. The number of aryl methyl sites for hydroxylation is 2. The lowest BCUT2D eigenvalue weighted by Crippen LogP contribution is -2.47. The van der Waals surface area contributed by atoms with Crippen molar-refractivity contribution in [2.45, 2.75) is 71.4 Å². The Bertz CT molecular complexity index is 1170. The molecule has 3 heterocycles. The molecule has 0 spiro atoms. The van der Waals surface area contributed by atoms with E-state index in [0.29, 0.717) is 30.3 Å². The van der Waals surface area contributed by atoms with Crippen LogP contribution in [0.15, 0.2) is 24.3 Å². The molecule has 0 unspecified atom stereocenters. The maximum Gasteiger partial charge on any atom is 0.263 e. The van der Waals surface area contributed by atoms with Crippen molar-refractivity contribution < 1.29 is 14.4 Å². The number of benzene rings is 1. The first-order chi connectivity index (χ1) is 17.3. The zero-order valence-electron chi connectivity index (χ0n) is 21.7. The summed E-state index contributed by atoms with van der Waals surface area (Å²) in [7, 11) is 1.96. The molecule has 0 radical (unpaired) electrons. The van der Waals surface area contributed by atoms with Crippen molar-refractivity contribution in [1.29, 1.82) is 0 Å². The summed E-state index contributed by atoms with van der Waals surface area (Å²) >= 11 is 0. The van der Waals surface area contributed by atoms with Crippen LogP contribution in [0.4, 0.5) is 5.69 Å². The van der Waals surface area contributed by atoms with Crippen LogP contribution in [0.5, 0.6) is 0 Å². The summed E-state index contributed by atoms with van der Waals surface area (Å²) < 4.78 is 1.84. The highest BCUT2D eigenvalue weighted by atomic mass is 16.2. The second-order valence-corrected chi connectivity index (χ2v) is 10.6. The van der Waals surface area contributed by atoms with Crippen molar-refractivity contribution >= 4 is 23.4 Å². The average molecular weight is 492 g/mol. The fraction of sp³-hybridized carbons (Fsp3) is 0.571. The van der Waals surface area contributed by atoms with Gasteiger partial charge in [-0.2, -0.15) is 5.10 Å². The van der Waals surface area contributed by atoms with E-state index in [1.807, 2.05) is 48.7 Å². The van der Waals surface area contributed by atoms with Gasteiger partial charge in [-0.1, -0.05) is 25.3 Å². The number of aromatic nitrogens is 2. The van der Waals surface area contributed by atoms with Crippen molar-refractivity contribution in [1.82, 2.24) is 19.6 Å². The molecule has 1 aromatic heterocycles. The predicted molar refractivity (Wildman–Crippen MR) is 138 cm³/mol. The van der Waals surface area contributed by atoms with Gasteiger partial charge in [0.25, 0.3) is 11.8 Å². The third kappa shape index (κ3) is 4.53. The Morgan fingerprint density at radius 2 is 1.81 bits per heavy atom. The number of hydrogen-bond donors (Lipinski definition) is 0. The second kappa shape index (κ2) is 10.1. The van der Waals surface area contributed by atoms with E-state index in [0.717, 1.165) is 49.3 Å². The molecule has 36 heavy (non-hydrogen) atoms. The van der Waals surface area contributed by atoms with Crippen LogP contribution in [-0.2, 0) is 11.3 Å². The number of anilines is 1. The summed E-state index contributed by atoms with van der Waals surface area (Å²) in [5.41, 5.74) is 3.63. The van der Waals surface area contributed by atoms with E-state index in [1.165, 1.54) is 24.2 Å². The number of amides is 3. The molecular formula is C28H37N5O3. The normalized spacial score (nSPS) is 20.7. The lowest BCUT2D eigenvalue weighted by atomic mass is 9.91. The number of nitrogens with zero attached hydrogens (tertiary/aromatic N) is 5. The molecule has 0 N–H and O–H groups in total. The topological polar surface area (TPSA) is 78.8 Å². The Kier molecular flexibility index (Phi) is 6.86. The average Bonchev–Trinajstić information content (AvgIpc) is 3.36. The summed E-state index contributed by atoms with van der Waals surface area (Å²) in [6, 6.07) is 7.85. The van der Waals surface area contributed by atoms with Gasteiger partial charge in [-0.25, -0.2) is 0 Å². The van der Waals surface area contributed by atoms with Crippen LogP contribution < -0.4 is 4.90 Å². The van der Waals surface area contributed by atoms with Crippen LogP contribution in [0.1, 0.15) is 77.0 Å². The van der Waals surface area contributed by atoms with Crippen molar-refractivity contribution in [2.75, 3.05) is 31.6 Å². The Morgan fingerprint density at radius 3 is 2.53 bits per heavy atom. The molecule has 1 aromatic carbocycles. The molecule has 3 amide bonds. The number of hydrogen-bond acceptors (Lipinski definition) is 5. The monoisotopic (exact) mass is 491 g/mol. The number of imide groups is 1. The Morgan fingerprint density at radius 1 is 1.03 bits per heavy atom. The maximum absolute atomic E-state index is 13.5. The summed E-state index contributed by atoms with van der Waals surface area (Å²) in [6.07, 6.45) is 7.60. The summed E-state index contributed by atoms with van der Waals surface area (Å²) in [5.74, 6) is -0.371. The van der Waals surface area contributed by atoms with Crippen LogP contribution in [0, 0.1) is 19.8 Å². The maximum atomic E-state index is 13.5. The van der Waals surface area contributed by atoms with Crippen molar-refractivity contribution in [3.8, 4) is 0 Å². The number of rotatable bonds is 6. The molecule has 5 rings (SSSR count). The molecule has 1 saturated heterocycles. The van der Waals surface area contributed by atoms with Crippen LogP contribution >= 0.6 is 0 Å². The van der Waals surface area contributed by atoms with Crippen LogP contribution in [-0.4, -0.2) is 70.0 Å². The van der Waals surface area contributed by atoms with Gasteiger partial charge in [0.1, 0.15) is 0 Å². The molecule has 1 atom stereocenters. The van der Waals surface area contributed by atoms with Crippen molar-refractivity contribution in [3.63, 3.8) is 0 Å². The molecule has 8 nitrogen and oxygen atoms in total. The minimum Gasteiger partial charge on any atom is -0.370 e. The van der Waals surface area contributed by atoms with E-state index in [4.69, 9.17) is 0 Å². The molecule has 2 aliphatic heterocycles. The van der Waals surface area contributed by atoms with Gasteiger partial charge in [0.05, 0.1) is 35.0 Å². The molecule has 192 valence electrons. The number of piperidine rings is 1. The van der Waals surface area contributed by atoms with Gasteiger partial charge in [0.2, 0.25) is 5.91 Å². The molecule has 8 heteroatoms. The van der Waals surface area contributed by atoms with E-state index in [-0.39, 0.29) is 30.2 Å². The first-order valence-corrected chi connectivity index (χ1v) is 13.4. The summed E-state index contributed by atoms with van der Waals surface area (Å²) in [4.78, 5) is 45.5. The fourth-order valence-corrected chi connectivity index (χ4v) is 6.21. The minimum absolute atomic E-state index is 0.0872. The quantitative estimate of drug-likeness (QED) is 0.575. The zero-order chi connectivity index (χ0) is 25.4. The van der Waals surface area contributed by atoms with E-state index >= 15 is 0 Å². The second-order valence-electron chi connectivity index (χ2n) is 10.6. The highest BCUT2D eigenvalue weighted by molar-refractivity contribution is 6.23. The van der Waals surface area contributed by atoms with Crippen LogP contribution in [0.3, 0.4) is 0 Å². The standard InChI is InChI=1S/C28H37N5O3/c1-19-17-20(2)33(29-19)16-15-32-27(35)23-12-7-13-24(25(23)28(32)36)31-14-8-9-21(18-31)26(34)30(3)22-10-5-4-6-11-22/h7,12-13,17,21-22H,4-6,8-11,14-16,18H2,1-3H3/t21-/m1/s1. The first kappa shape index (κ1) is 24.5. The van der Waals surface area contributed by atoms with Gasteiger partial charge in [-0.3, -0.25) is 24.0 Å². The molecule has 1 saturated carbocycles. The Labute approximate surface area is 213 Å². The SMILES string of the molecule is Cc1cc(C)n(CCN2C(=O)c3cccc(N4CCC[C@@H](C(=O)N(C)C5CCCCC5)C4)c3C2=O)n1. The van der Waals surface area contributed by atoms with Gasteiger partial charge in [-0.05, 0) is 57.7 Å². The molecular weight excluding hydrogens is 454 g/mol. The minimum atomic E-state index is -0.250. The zero-order valence-corrected chi connectivity index (χ0v) is 21.7. The van der Waals surface area contributed by atoms with Gasteiger partial charge < -0.3 is 9.80 Å². The largest absolute Gasteiger partial charge is 0.370 e. The molecule has 2 fully saturated rings. The highest BCUT2D eigenvalue weighted by Crippen LogP contribution is 2.35. The lowest BCUT2D eigenvalue weighted by molar-refractivity contribution is -0.137. The third-order valence-corrected chi connectivity index (χ3v) is 8.20. The van der Waals surface area contributed by atoms with Crippen LogP contribution in [0.2, 0.25) is 0 Å². The number of carbonyl (C=O) groups is 3. The fourth-order valence-electron chi connectivity index (χ4n) is 6.21. The van der Waals surface area contributed by atoms with Gasteiger partial charge in [0, 0.05) is 38.4 Å². The van der Waals surface area contributed by atoms with E-state index in [9.17, 15) is 14.4 Å². The van der Waals surface area contributed by atoms with E-state index < -0.39 is 0 Å². The highest BCUT2D eigenvalue weighted by Gasteiger charge is 2.39. The number of fused-ring (bicyclic) bond motifs is 1. The summed E-state index contributed by atoms with van der Waals surface area (Å²) in [6.45, 7) is 6.01. The number of carbonyl (C=O) groups excluding carboxylic acids is 3. The predicted octanol–water partition coefficient (Wildman–Crippen LogP) is 3.80. The third-order valence-electron chi connectivity index (χ3n) is 8.20. The van der Waals surface area contributed by atoms with Crippen LogP contribution in [0.25, 0.3) is 0 Å². The van der Waals surface area contributed by atoms with Gasteiger partial charge in [0.15, 0.2) is 0 Å². The van der Waals surface area contributed by atoms with Gasteiger partial charge in [-0.15, -0.1) is 0 Å². The van der Waals surface area contributed by atoms with E-state index in [2.05, 4.69) is 10.00 Å². The first-order valence-electron chi connectivity index (χ1n) is 13.4. The molecule has 1 aliphatic carbocycles. The smallest absolute Gasteiger partial charge is 0.263 e. The van der Waals surface area contributed by atoms with E-state index in [1.54, 1.807) is 6.07 Å².